The molecular weight excluding hydrogens is 258 g/mol. The van der Waals surface area contributed by atoms with Crippen LogP contribution in [0.1, 0.15) is 5.82 Å². The second kappa shape index (κ2) is 4.39. The predicted molar refractivity (Wildman–Crippen MR) is 60.3 cm³/mol. The van der Waals surface area contributed by atoms with Crippen LogP contribution in [0.4, 0.5) is 5.69 Å². The number of nitrogens with zero attached hydrogens (tertiary/aromatic N) is 4. The van der Waals surface area contributed by atoms with E-state index in [2.05, 4.69) is 36.4 Å². The highest BCUT2D eigenvalue weighted by atomic mass is 79.9. The summed E-state index contributed by atoms with van der Waals surface area (Å²) in [6, 6.07) is 1.96. The monoisotopic (exact) mass is 267 g/mol. The van der Waals surface area contributed by atoms with Crippen molar-refractivity contribution in [3.05, 3.63) is 35.1 Å². The fourth-order valence-electron chi connectivity index (χ4n) is 1.16. The first kappa shape index (κ1) is 10.1. The fraction of sp³-hybridized carbons (Fsp3) is 0.222. The average Bonchev–Trinajstić information content (AvgIpc) is 2.61. The van der Waals surface area contributed by atoms with Crippen LogP contribution in [0.25, 0.3) is 0 Å². The van der Waals surface area contributed by atoms with Crippen LogP contribution in [0.5, 0.6) is 0 Å². The lowest BCUT2D eigenvalue weighted by Gasteiger charge is -2.05. The van der Waals surface area contributed by atoms with Gasteiger partial charge in [0.2, 0.25) is 0 Å². The van der Waals surface area contributed by atoms with Crippen LogP contribution in [0.3, 0.4) is 0 Å². The molecule has 0 aliphatic carbocycles. The second-order valence-corrected chi connectivity index (χ2v) is 4.02. The van der Waals surface area contributed by atoms with Crippen LogP contribution >= 0.6 is 15.9 Å². The molecule has 78 valence electrons. The Labute approximate surface area is 95.7 Å². The maximum atomic E-state index is 4.05. The Morgan fingerprint density at radius 1 is 1.47 bits per heavy atom. The van der Waals surface area contributed by atoms with Crippen molar-refractivity contribution in [2.24, 2.45) is 7.05 Å². The zero-order valence-electron chi connectivity index (χ0n) is 8.18. The van der Waals surface area contributed by atoms with Crippen molar-refractivity contribution in [3.8, 4) is 0 Å². The van der Waals surface area contributed by atoms with Gasteiger partial charge in [0.05, 0.1) is 18.4 Å². The Balaban J connectivity index is 2.02. The molecule has 0 radical (unpaired) electrons. The molecule has 0 aliphatic heterocycles. The van der Waals surface area contributed by atoms with E-state index in [1.165, 1.54) is 0 Å². The van der Waals surface area contributed by atoms with Crippen molar-refractivity contribution in [2.75, 3.05) is 5.32 Å². The van der Waals surface area contributed by atoms with Crippen molar-refractivity contribution in [3.63, 3.8) is 0 Å². The quantitative estimate of drug-likeness (QED) is 0.918. The summed E-state index contributed by atoms with van der Waals surface area (Å²) in [7, 11) is 1.91. The van der Waals surface area contributed by atoms with E-state index in [1.54, 1.807) is 18.7 Å². The van der Waals surface area contributed by atoms with Crippen LogP contribution in [0.2, 0.25) is 0 Å². The number of hydrogen-bond donors (Lipinski definition) is 1. The van der Waals surface area contributed by atoms with Crippen molar-refractivity contribution in [2.45, 2.75) is 6.54 Å². The van der Waals surface area contributed by atoms with E-state index in [9.17, 15) is 0 Å². The molecule has 0 fully saturated rings. The lowest BCUT2D eigenvalue weighted by atomic mass is 10.4. The summed E-state index contributed by atoms with van der Waals surface area (Å²) in [6.45, 7) is 0.634. The minimum Gasteiger partial charge on any atom is -0.376 e. The molecule has 5 nitrogen and oxygen atoms in total. The minimum absolute atomic E-state index is 0.634. The number of aryl methyl sites for hydroxylation is 1. The van der Waals surface area contributed by atoms with Gasteiger partial charge in [-0.1, -0.05) is 0 Å². The van der Waals surface area contributed by atoms with Gasteiger partial charge < -0.3 is 9.88 Å². The molecule has 0 amide bonds. The molecule has 0 spiro atoms. The van der Waals surface area contributed by atoms with Gasteiger partial charge in [-0.15, -0.1) is 10.2 Å². The van der Waals surface area contributed by atoms with E-state index in [0.29, 0.717) is 6.54 Å². The van der Waals surface area contributed by atoms with E-state index in [1.807, 2.05) is 17.7 Å². The van der Waals surface area contributed by atoms with Gasteiger partial charge in [0.1, 0.15) is 6.33 Å². The summed E-state index contributed by atoms with van der Waals surface area (Å²) in [5, 5.41) is 11.0. The van der Waals surface area contributed by atoms with Gasteiger partial charge in [-0.3, -0.25) is 4.98 Å². The van der Waals surface area contributed by atoms with E-state index < -0.39 is 0 Å². The summed E-state index contributed by atoms with van der Waals surface area (Å²) in [6.07, 6.45) is 5.19. The molecule has 6 heteroatoms. The largest absolute Gasteiger partial charge is 0.376 e. The third-order valence-electron chi connectivity index (χ3n) is 1.96. The molecule has 2 rings (SSSR count). The highest BCUT2D eigenvalue weighted by Gasteiger charge is 2.00. The lowest BCUT2D eigenvalue weighted by molar-refractivity contribution is 0.812. The molecule has 0 aromatic carbocycles. The van der Waals surface area contributed by atoms with Crippen molar-refractivity contribution < 1.29 is 0 Å². The summed E-state index contributed by atoms with van der Waals surface area (Å²) < 4.78 is 2.82. The summed E-state index contributed by atoms with van der Waals surface area (Å²) in [4.78, 5) is 4.05. The maximum Gasteiger partial charge on any atom is 0.151 e. The highest BCUT2D eigenvalue weighted by Crippen LogP contribution is 2.13. The molecule has 2 aromatic rings. The lowest BCUT2D eigenvalue weighted by Crippen LogP contribution is -2.05. The smallest absolute Gasteiger partial charge is 0.151 e. The van der Waals surface area contributed by atoms with Crippen LogP contribution in [0, 0.1) is 0 Å². The van der Waals surface area contributed by atoms with Crippen molar-refractivity contribution in [1.82, 2.24) is 19.7 Å². The first-order valence-corrected chi connectivity index (χ1v) is 5.22. The molecule has 1 N–H and O–H groups in total. The van der Waals surface area contributed by atoms with Crippen LogP contribution < -0.4 is 5.32 Å². The molecule has 0 bridgehead atoms. The predicted octanol–water partition coefficient (Wildman–Crippen LogP) is 1.58. The molecule has 0 atom stereocenters. The van der Waals surface area contributed by atoms with E-state index in [-0.39, 0.29) is 0 Å². The number of nitrogens with one attached hydrogen (secondary N) is 1. The summed E-state index contributed by atoms with van der Waals surface area (Å²) in [5.41, 5.74) is 0.951. The molecule has 0 saturated heterocycles. The third-order valence-corrected chi connectivity index (χ3v) is 2.39. The van der Waals surface area contributed by atoms with Crippen molar-refractivity contribution >= 4 is 21.6 Å². The van der Waals surface area contributed by atoms with E-state index in [4.69, 9.17) is 0 Å². The Morgan fingerprint density at radius 3 is 3.00 bits per heavy atom. The van der Waals surface area contributed by atoms with Crippen molar-refractivity contribution in [1.29, 1.82) is 0 Å². The topological polar surface area (TPSA) is 55.6 Å². The van der Waals surface area contributed by atoms with E-state index in [0.717, 1.165) is 16.0 Å². The highest BCUT2D eigenvalue weighted by molar-refractivity contribution is 9.10. The Hall–Kier alpha value is -1.43. The van der Waals surface area contributed by atoms with Crippen LogP contribution in [0.15, 0.2) is 29.3 Å². The van der Waals surface area contributed by atoms with Gasteiger partial charge in [-0.25, -0.2) is 0 Å². The molecule has 0 aliphatic rings. The zero-order valence-corrected chi connectivity index (χ0v) is 9.77. The zero-order chi connectivity index (χ0) is 10.7. The normalized spacial score (nSPS) is 10.3. The Kier molecular flexibility index (Phi) is 2.96. The number of anilines is 1. The summed E-state index contributed by atoms with van der Waals surface area (Å²) in [5.74, 6) is 0.884. The SMILES string of the molecule is Cn1cnnc1CNc1cncc(Br)c1. The van der Waals surface area contributed by atoms with Gasteiger partial charge in [0.25, 0.3) is 0 Å². The molecule has 2 heterocycles. The second-order valence-electron chi connectivity index (χ2n) is 3.10. The molecule has 15 heavy (non-hydrogen) atoms. The van der Waals surface area contributed by atoms with Gasteiger partial charge in [0, 0.05) is 17.7 Å². The standard InChI is InChI=1S/C9H10BrN5/c1-15-6-13-14-9(15)5-12-8-2-7(10)3-11-4-8/h2-4,6,12H,5H2,1H3. The molecule has 0 saturated carbocycles. The number of pyridine rings is 1. The molecule has 0 unspecified atom stereocenters. The van der Waals surface area contributed by atoms with E-state index >= 15 is 0 Å². The van der Waals surface area contributed by atoms with Gasteiger partial charge in [0.15, 0.2) is 5.82 Å². The first-order chi connectivity index (χ1) is 7.25. The first-order valence-electron chi connectivity index (χ1n) is 4.43. The average molecular weight is 268 g/mol. The van der Waals surface area contributed by atoms with Gasteiger partial charge in [-0.2, -0.15) is 0 Å². The Morgan fingerprint density at radius 2 is 2.33 bits per heavy atom. The van der Waals surface area contributed by atoms with Gasteiger partial charge in [-0.05, 0) is 22.0 Å². The Bertz CT molecular complexity index is 453. The molecule has 2 aromatic heterocycles. The molecular formula is C9H10BrN5. The summed E-state index contributed by atoms with van der Waals surface area (Å²) >= 11 is 3.36. The number of rotatable bonds is 3. The third kappa shape index (κ3) is 2.53. The van der Waals surface area contributed by atoms with Crippen LogP contribution in [-0.4, -0.2) is 19.7 Å². The maximum absolute atomic E-state index is 4.05. The van der Waals surface area contributed by atoms with Gasteiger partial charge >= 0.3 is 0 Å². The number of hydrogen-bond acceptors (Lipinski definition) is 4. The minimum atomic E-state index is 0.634. The fourth-order valence-corrected chi connectivity index (χ4v) is 1.52. The van der Waals surface area contributed by atoms with Crippen LogP contribution in [-0.2, 0) is 13.6 Å². The number of halogens is 1. The number of aromatic nitrogens is 4.